The van der Waals surface area contributed by atoms with E-state index in [9.17, 15) is 18.3 Å². The SMILES string of the molecule is Cc1cc(C)c(O)c(-c2n[nH]c3c2C(c2ccc(Cl)cc2)N(C2CCS(=O)(=O)C2)C3=O)c1. The number of rotatable bonds is 3. The largest absolute Gasteiger partial charge is 0.507 e. The second-order valence-electron chi connectivity index (χ2n) is 8.56. The van der Waals surface area contributed by atoms with Crippen molar-refractivity contribution in [2.24, 2.45) is 0 Å². The molecule has 7 nitrogen and oxygen atoms in total. The van der Waals surface area contributed by atoms with Crippen LogP contribution in [-0.4, -0.2) is 52.1 Å². The smallest absolute Gasteiger partial charge is 0.273 e. The minimum absolute atomic E-state index is 0.0612. The Kier molecular flexibility index (Phi) is 4.83. The van der Waals surface area contributed by atoms with Gasteiger partial charge in [-0.2, -0.15) is 5.10 Å². The van der Waals surface area contributed by atoms with Gasteiger partial charge in [0.2, 0.25) is 0 Å². The van der Waals surface area contributed by atoms with Crippen LogP contribution in [0, 0.1) is 13.8 Å². The van der Waals surface area contributed by atoms with Crippen molar-refractivity contribution in [1.82, 2.24) is 15.1 Å². The van der Waals surface area contributed by atoms with Crippen molar-refractivity contribution in [3.8, 4) is 17.0 Å². The zero-order valence-electron chi connectivity index (χ0n) is 17.6. The molecular formula is C23H22ClN3O4S. The van der Waals surface area contributed by atoms with Crippen LogP contribution in [0.2, 0.25) is 5.02 Å². The summed E-state index contributed by atoms with van der Waals surface area (Å²) in [6.45, 7) is 3.75. The maximum atomic E-state index is 13.5. The molecule has 2 aliphatic heterocycles. The lowest BCUT2D eigenvalue weighted by Gasteiger charge is -2.31. The van der Waals surface area contributed by atoms with Crippen molar-refractivity contribution in [3.05, 3.63) is 69.4 Å². The van der Waals surface area contributed by atoms with E-state index >= 15 is 0 Å². The second kappa shape index (κ2) is 7.35. The zero-order chi connectivity index (χ0) is 22.8. The van der Waals surface area contributed by atoms with Crippen molar-refractivity contribution in [1.29, 1.82) is 0 Å². The summed E-state index contributed by atoms with van der Waals surface area (Å²) in [7, 11) is -3.20. The number of aryl methyl sites for hydroxylation is 2. The van der Waals surface area contributed by atoms with Crippen LogP contribution in [0.3, 0.4) is 0 Å². The monoisotopic (exact) mass is 471 g/mol. The first kappa shape index (κ1) is 21.0. The van der Waals surface area contributed by atoms with Crippen LogP contribution >= 0.6 is 11.6 Å². The third kappa shape index (κ3) is 3.29. The van der Waals surface area contributed by atoms with Crippen LogP contribution in [0.25, 0.3) is 11.3 Å². The topological polar surface area (TPSA) is 103 Å². The highest BCUT2D eigenvalue weighted by Crippen LogP contribution is 2.47. The molecule has 1 fully saturated rings. The highest BCUT2D eigenvalue weighted by molar-refractivity contribution is 7.91. The first-order valence-electron chi connectivity index (χ1n) is 10.3. The number of H-pyrrole nitrogens is 1. The van der Waals surface area contributed by atoms with Crippen molar-refractivity contribution in [2.45, 2.75) is 32.4 Å². The van der Waals surface area contributed by atoms with Gasteiger partial charge in [-0.25, -0.2) is 8.42 Å². The Labute approximate surface area is 190 Å². The maximum absolute atomic E-state index is 13.5. The minimum Gasteiger partial charge on any atom is -0.507 e. The molecule has 0 saturated carbocycles. The number of aromatic amines is 1. The molecule has 1 amide bonds. The lowest BCUT2D eigenvalue weighted by atomic mass is 9.93. The van der Waals surface area contributed by atoms with Gasteiger partial charge < -0.3 is 10.0 Å². The Balaban J connectivity index is 1.71. The van der Waals surface area contributed by atoms with E-state index < -0.39 is 21.9 Å². The predicted molar refractivity (Wildman–Crippen MR) is 122 cm³/mol. The highest BCUT2D eigenvalue weighted by Gasteiger charge is 2.48. The van der Waals surface area contributed by atoms with Gasteiger partial charge in [0.1, 0.15) is 17.1 Å². The maximum Gasteiger partial charge on any atom is 0.273 e. The van der Waals surface area contributed by atoms with E-state index in [1.165, 1.54) is 0 Å². The average Bonchev–Trinajstić information content (AvgIpc) is 3.39. The number of aromatic hydroxyl groups is 1. The van der Waals surface area contributed by atoms with E-state index in [0.29, 0.717) is 39.5 Å². The Morgan fingerprint density at radius 1 is 1.19 bits per heavy atom. The number of benzene rings is 2. The molecule has 0 radical (unpaired) electrons. The first-order chi connectivity index (χ1) is 15.2. The minimum atomic E-state index is -3.20. The standard InChI is InChI=1S/C23H22ClN3O4S/c1-12-9-13(2)22(28)17(10-12)19-18-20(26-25-19)23(29)27(16-7-8-32(30,31)11-16)21(18)14-3-5-15(24)6-4-14/h3-6,9-10,16,21,28H,7-8,11H2,1-2H3,(H,25,26). The molecule has 0 spiro atoms. The van der Waals surface area contributed by atoms with Gasteiger partial charge >= 0.3 is 0 Å². The molecule has 1 aromatic heterocycles. The molecule has 3 aromatic rings. The predicted octanol–water partition coefficient (Wildman–Crippen LogP) is 3.78. The fourth-order valence-electron chi connectivity index (χ4n) is 4.85. The second-order valence-corrected chi connectivity index (χ2v) is 11.2. The average molecular weight is 472 g/mol. The lowest BCUT2D eigenvalue weighted by molar-refractivity contribution is 0.0678. The molecule has 166 valence electrons. The Hall–Kier alpha value is -2.84. The molecule has 2 aliphatic rings. The van der Waals surface area contributed by atoms with Crippen LogP contribution in [0.4, 0.5) is 0 Å². The number of phenols is 1. The summed E-state index contributed by atoms with van der Waals surface area (Å²) in [5.74, 6) is -0.185. The van der Waals surface area contributed by atoms with Gasteiger partial charge in [0, 0.05) is 22.2 Å². The Morgan fingerprint density at radius 2 is 1.91 bits per heavy atom. The van der Waals surface area contributed by atoms with Gasteiger partial charge in [-0.05, 0) is 55.2 Å². The van der Waals surface area contributed by atoms with Gasteiger partial charge in [0.25, 0.3) is 5.91 Å². The molecule has 2 aromatic carbocycles. The van der Waals surface area contributed by atoms with Crippen LogP contribution < -0.4 is 0 Å². The number of aromatic nitrogens is 2. The summed E-state index contributed by atoms with van der Waals surface area (Å²) in [5.41, 5.74) is 4.46. The first-order valence-corrected chi connectivity index (χ1v) is 12.5. The third-order valence-corrected chi connectivity index (χ3v) is 8.29. The number of hydrogen-bond donors (Lipinski definition) is 2. The zero-order valence-corrected chi connectivity index (χ0v) is 19.2. The van der Waals surface area contributed by atoms with Crippen LogP contribution in [-0.2, 0) is 9.84 Å². The van der Waals surface area contributed by atoms with Gasteiger partial charge in [-0.1, -0.05) is 29.8 Å². The fraction of sp³-hybridized carbons (Fsp3) is 0.304. The summed E-state index contributed by atoms with van der Waals surface area (Å²) in [6, 6.07) is 9.91. The Morgan fingerprint density at radius 3 is 2.56 bits per heavy atom. The number of amides is 1. The van der Waals surface area contributed by atoms with Crippen LogP contribution in [0.5, 0.6) is 5.75 Å². The molecule has 2 N–H and O–H groups in total. The van der Waals surface area contributed by atoms with E-state index in [-0.39, 0.29) is 23.2 Å². The summed E-state index contributed by atoms with van der Waals surface area (Å²) in [6.07, 6.45) is 0.389. The van der Waals surface area contributed by atoms with Crippen molar-refractivity contribution in [2.75, 3.05) is 11.5 Å². The van der Waals surface area contributed by atoms with Crippen molar-refractivity contribution < 1.29 is 18.3 Å². The number of carbonyl (C=O) groups excluding carboxylic acids is 1. The summed E-state index contributed by atoms with van der Waals surface area (Å²) in [5, 5.41) is 18.6. The van der Waals surface area contributed by atoms with Gasteiger partial charge in [0.05, 0.1) is 17.5 Å². The molecule has 9 heteroatoms. The van der Waals surface area contributed by atoms with Crippen molar-refractivity contribution >= 4 is 27.3 Å². The lowest BCUT2D eigenvalue weighted by Crippen LogP contribution is -2.40. The van der Waals surface area contributed by atoms with Gasteiger partial charge in [0.15, 0.2) is 9.84 Å². The van der Waals surface area contributed by atoms with Crippen LogP contribution in [0.1, 0.15) is 45.2 Å². The molecule has 1 saturated heterocycles. The third-order valence-electron chi connectivity index (χ3n) is 6.29. The molecule has 0 bridgehead atoms. The molecule has 5 rings (SSSR count). The number of sulfone groups is 1. The van der Waals surface area contributed by atoms with E-state index in [2.05, 4.69) is 10.2 Å². The van der Waals surface area contributed by atoms with Gasteiger partial charge in [-0.3, -0.25) is 9.89 Å². The number of halogens is 1. The summed E-state index contributed by atoms with van der Waals surface area (Å²) < 4.78 is 24.4. The number of nitrogens with one attached hydrogen (secondary N) is 1. The van der Waals surface area contributed by atoms with Crippen molar-refractivity contribution in [3.63, 3.8) is 0 Å². The normalized spacial score (nSPS) is 21.8. The highest BCUT2D eigenvalue weighted by atomic mass is 35.5. The Bertz CT molecular complexity index is 1350. The summed E-state index contributed by atoms with van der Waals surface area (Å²) in [4.78, 5) is 15.1. The fourth-order valence-corrected chi connectivity index (χ4v) is 6.69. The van der Waals surface area contributed by atoms with E-state index in [4.69, 9.17) is 11.6 Å². The van der Waals surface area contributed by atoms with E-state index in [1.54, 1.807) is 17.0 Å². The number of hydrogen-bond acceptors (Lipinski definition) is 5. The van der Waals surface area contributed by atoms with E-state index in [0.717, 1.165) is 11.1 Å². The molecular weight excluding hydrogens is 450 g/mol. The van der Waals surface area contributed by atoms with Gasteiger partial charge in [-0.15, -0.1) is 0 Å². The molecule has 3 heterocycles. The number of fused-ring (bicyclic) bond motifs is 1. The number of nitrogens with zero attached hydrogens (tertiary/aromatic N) is 2. The number of phenolic OH excluding ortho intramolecular Hbond substituents is 1. The molecule has 2 atom stereocenters. The van der Waals surface area contributed by atoms with Crippen LogP contribution in [0.15, 0.2) is 36.4 Å². The summed E-state index contributed by atoms with van der Waals surface area (Å²) >= 11 is 6.10. The quantitative estimate of drug-likeness (QED) is 0.605. The molecule has 32 heavy (non-hydrogen) atoms. The van der Waals surface area contributed by atoms with E-state index in [1.807, 2.05) is 38.1 Å². The number of carbonyl (C=O) groups is 1. The molecule has 0 aliphatic carbocycles. The molecule has 2 unspecified atom stereocenters.